The fourth-order valence-corrected chi connectivity index (χ4v) is 8.72. The lowest BCUT2D eigenvalue weighted by atomic mass is 9.93. The molecule has 0 saturated carbocycles. The molecule has 2 aliphatic heterocycles. The van der Waals surface area contributed by atoms with Gasteiger partial charge in [0, 0.05) is 23.2 Å². The maximum atomic E-state index is 14.3. The zero-order valence-electron chi connectivity index (χ0n) is 27.0. The number of carbonyl (C=O) groups is 1. The third kappa shape index (κ3) is 5.07. The molecule has 50 heavy (non-hydrogen) atoms. The van der Waals surface area contributed by atoms with Crippen molar-refractivity contribution in [3.8, 4) is 27.6 Å². The first-order valence-electron chi connectivity index (χ1n) is 16.5. The van der Waals surface area contributed by atoms with Gasteiger partial charge in [-0.3, -0.25) is 9.78 Å². The number of amides is 1. The van der Waals surface area contributed by atoms with E-state index in [0.717, 1.165) is 44.9 Å². The molecule has 1 amide bonds. The van der Waals surface area contributed by atoms with Gasteiger partial charge < -0.3 is 24.1 Å². The van der Waals surface area contributed by atoms with Crippen LogP contribution in [-0.4, -0.2) is 57.8 Å². The number of methoxy groups -OCH3 is 1. The molecule has 4 aromatic heterocycles. The van der Waals surface area contributed by atoms with Crippen LogP contribution in [0.2, 0.25) is 0 Å². The monoisotopic (exact) mass is 690 g/mol. The van der Waals surface area contributed by atoms with Crippen LogP contribution in [0.25, 0.3) is 32.0 Å². The van der Waals surface area contributed by atoms with E-state index in [1.807, 2.05) is 29.2 Å². The van der Waals surface area contributed by atoms with Crippen LogP contribution in [0.5, 0.6) is 5.75 Å². The Morgan fingerprint density at radius 1 is 1.10 bits per heavy atom. The number of thiophene rings is 1. The van der Waals surface area contributed by atoms with E-state index in [9.17, 15) is 14.0 Å². The minimum atomic E-state index is -0.714. The van der Waals surface area contributed by atoms with Gasteiger partial charge in [-0.15, -0.1) is 16.4 Å². The van der Waals surface area contributed by atoms with Gasteiger partial charge in [-0.25, -0.2) is 19.3 Å². The lowest BCUT2D eigenvalue weighted by Gasteiger charge is -2.29. The molecule has 0 bridgehead atoms. The number of rotatable bonds is 8. The van der Waals surface area contributed by atoms with Gasteiger partial charge in [-0.05, 0) is 78.1 Å². The summed E-state index contributed by atoms with van der Waals surface area (Å²) in [6, 6.07) is 16.2. The first-order valence-corrected chi connectivity index (χ1v) is 17.4. The average Bonchev–Trinajstić information content (AvgIpc) is 3.93. The number of pyridine rings is 2. The number of halogens is 1. The van der Waals surface area contributed by atoms with Crippen LogP contribution in [0.4, 0.5) is 10.2 Å². The highest BCUT2D eigenvalue weighted by Gasteiger charge is 2.44. The van der Waals surface area contributed by atoms with Gasteiger partial charge in [0.1, 0.15) is 17.4 Å². The number of nitrogens with one attached hydrogen (secondary N) is 2. The van der Waals surface area contributed by atoms with Gasteiger partial charge in [-0.2, -0.15) is 0 Å². The third-order valence-electron chi connectivity index (χ3n) is 9.87. The average molecular weight is 691 g/mol. The highest BCUT2D eigenvalue weighted by molar-refractivity contribution is 7.23. The summed E-state index contributed by atoms with van der Waals surface area (Å²) >= 11 is 1.51. The van der Waals surface area contributed by atoms with E-state index in [-0.39, 0.29) is 29.7 Å². The molecule has 9 rings (SSSR count). The van der Waals surface area contributed by atoms with E-state index in [2.05, 4.69) is 21.6 Å². The van der Waals surface area contributed by atoms with Crippen LogP contribution in [0.1, 0.15) is 56.9 Å². The van der Waals surface area contributed by atoms with E-state index in [4.69, 9.17) is 23.9 Å². The van der Waals surface area contributed by atoms with E-state index in [1.54, 1.807) is 25.4 Å². The van der Waals surface area contributed by atoms with Gasteiger partial charge in [-0.1, -0.05) is 24.3 Å². The van der Waals surface area contributed by atoms with Gasteiger partial charge >= 0.3 is 5.76 Å². The Morgan fingerprint density at radius 3 is 2.80 bits per heavy atom. The SMILES string of the molecule is COc1cccc2c1CC[C@@H]2Nc1nccc2cc(-c3c4c(nc(CCc5ccc(F)cc5)c3-c3n[nH]c(=O)o3)[C@@H]3COCCN3C4=O)sc12. The number of benzene rings is 2. The summed E-state index contributed by atoms with van der Waals surface area (Å²) in [5.41, 5.74) is 6.10. The Morgan fingerprint density at radius 2 is 1.98 bits per heavy atom. The second-order valence-electron chi connectivity index (χ2n) is 12.7. The van der Waals surface area contributed by atoms with Crippen LogP contribution < -0.4 is 15.8 Å². The molecule has 3 aliphatic rings. The van der Waals surface area contributed by atoms with Crippen LogP contribution in [0.15, 0.2) is 70.0 Å². The van der Waals surface area contributed by atoms with E-state index >= 15 is 0 Å². The number of morpholine rings is 1. The van der Waals surface area contributed by atoms with Crippen molar-refractivity contribution in [3.63, 3.8) is 0 Å². The molecule has 252 valence electrons. The molecule has 2 atom stereocenters. The van der Waals surface area contributed by atoms with Gasteiger partial charge in [0.05, 0.1) is 59.6 Å². The third-order valence-corrected chi connectivity index (χ3v) is 11.0. The van der Waals surface area contributed by atoms with Crippen molar-refractivity contribution in [2.24, 2.45) is 0 Å². The first-order chi connectivity index (χ1) is 24.5. The molecule has 0 unspecified atom stereocenters. The molecular weight excluding hydrogens is 660 g/mol. The van der Waals surface area contributed by atoms with Gasteiger partial charge in [0.15, 0.2) is 0 Å². The van der Waals surface area contributed by atoms with Crippen molar-refractivity contribution in [2.45, 2.75) is 37.8 Å². The minimum absolute atomic E-state index is 0.0498. The quantitative estimate of drug-likeness (QED) is 0.190. The molecular formula is C37H31FN6O5S. The van der Waals surface area contributed by atoms with Crippen LogP contribution in [0, 0.1) is 5.82 Å². The second-order valence-corrected chi connectivity index (χ2v) is 13.7. The fourth-order valence-electron chi connectivity index (χ4n) is 7.56. The number of fused-ring (bicyclic) bond motifs is 5. The van der Waals surface area contributed by atoms with Crippen LogP contribution >= 0.6 is 11.3 Å². The van der Waals surface area contributed by atoms with Gasteiger partial charge in [0.2, 0.25) is 0 Å². The molecule has 2 aromatic carbocycles. The number of hydrogen-bond acceptors (Lipinski definition) is 10. The van der Waals surface area contributed by atoms with Gasteiger partial charge in [0.25, 0.3) is 11.8 Å². The molecule has 1 aliphatic carbocycles. The lowest BCUT2D eigenvalue weighted by molar-refractivity contribution is 0.00352. The number of aromatic nitrogens is 4. The van der Waals surface area contributed by atoms with Crippen molar-refractivity contribution >= 4 is 33.1 Å². The van der Waals surface area contributed by atoms with E-state index in [0.29, 0.717) is 60.7 Å². The maximum absolute atomic E-state index is 14.3. The molecule has 1 fully saturated rings. The molecule has 13 heteroatoms. The summed E-state index contributed by atoms with van der Waals surface area (Å²) in [7, 11) is 1.70. The standard InChI is InChI=1S/C37H31FN6O5S/c1-47-27-4-2-3-22-23(27)10-12-24(22)41-34-33-20(13-14-39-34)17-28(50-33)30-29(35-42-43-37(46)49-35)25(11-7-19-5-8-21(38)9-6-19)40-32-26-18-48-16-15-44(26)36(45)31(30)32/h2-6,8-9,13-14,17,24,26H,7,10-12,15-16,18H2,1H3,(H,39,41)(H,43,46)/t24-,26-/m0/s1. The smallest absolute Gasteiger partial charge is 0.434 e. The van der Waals surface area contributed by atoms with E-state index in [1.165, 1.54) is 34.6 Å². The largest absolute Gasteiger partial charge is 0.496 e. The number of aryl methyl sites for hydroxylation is 2. The number of nitrogens with zero attached hydrogens (tertiary/aromatic N) is 4. The Balaban J connectivity index is 1.21. The predicted octanol–water partition coefficient (Wildman–Crippen LogP) is 6.26. The van der Waals surface area contributed by atoms with Crippen molar-refractivity contribution in [1.29, 1.82) is 0 Å². The lowest BCUT2D eigenvalue weighted by Crippen LogP contribution is -2.38. The second kappa shape index (κ2) is 12.2. The van der Waals surface area contributed by atoms with E-state index < -0.39 is 5.76 Å². The predicted molar refractivity (Wildman–Crippen MR) is 185 cm³/mol. The summed E-state index contributed by atoms with van der Waals surface area (Å²) in [6.45, 7) is 1.20. The molecule has 6 aromatic rings. The molecule has 1 saturated heterocycles. The molecule has 0 spiro atoms. The van der Waals surface area contributed by atoms with Crippen molar-refractivity contribution in [1.82, 2.24) is 25.1 Å². The zero-order valence-corrected chi connectivity index (χ0v) is 27.8. The number of hydrogen-bond donors (Lipinski definition) is 2. The Kier molecular flexibility index (Phi) is 7.46. The number of aromatic amines is 1. The molecule has 0 radical (unpaired) electrons. The zero-order chi connectivity index (χ0) is 33.9. The normalized spacial score (nSPS) is 18.0. The summed E-state index contributed by atoms with van der Waals surface area (Å²) in [6.07, 6.45) is 4.53. The molecule has 11 nitrogen and oxygen atoms in total. The van der Waals surface area contributed by atoms with Crippen LogP contribution in [-0.2, 0) is 24.0 Å². The minimum Gasteiger partial charge on any atom is -0.496 e. The number of carbonyl (C=O) groups excluding carboxylic acids is 1. The molecule has 6 heterocycles. The van der Waals surface area contributed by atoms with Crippen LogP contribution in [0.3, 0.4) is 0 Å². The highest BCUT2D eigenvalue weighted by Crippen LogP contribution is 2.49. The summed E-state index contributed by atoms with van der Waals surface area (Å²) < 4.78 is 31.7. The van der Waals surface area contributed by atoms with Crippen molar-refractivity contribution < 1.29 is 23.1 Å². The Labute approximate surface area is 289 Å². The molecule has 2 N–H and O–H groups in total. The first kappa shape index (κ1) is 30.6. The Hall–Kier alpha value is -5.40. The summed E-state index contributed by atoms with van der Waals surface area (Å²) in [5.74, 6) is 0.507. The topological polar surface area (TPSA) is 135 Å². The summed E-state index contributed by atoms with van der Waals surface area (Å²) in [5, 5.41) is 11.3. The highest BCUT2D eigenvalue weighted by atomic mass is 32.1. The fraction of sp³-hybridized carbons (Fsp3) is 0.270. The summed E-state index contributed by atoms with van der Waals surface area (Å²) in [4.78, 5) is 39.1. The number of anilines is 1. The Bertz CT molecular complexity index is 2350. The number of H-pyrrole nitrogens is 1. The van der Waals surface area contributed by atoms with Crippen molar-refractivity contribution in [2.75, 3.05) is 32.2 Å². The van der Waals surface area contributed by atoms with Crippen molar-refractivity contribution in [3.05, 3.63) is 111 Å². The maximum Gasteiger partial charge on any atom is 0.434 e. The number of ether oxygens (including phenoxy) is 2.